The topological polar surface area (TPSA) is 96.2 Å². The molecule has 1 saturated carbocycles. The largest absolute Gasteiger partial charge is 0.357 e. The van der Waals surface area contributed by atoms with E-state index in [9.17, 15) is 4.79 Å². The highest BCUT2D eigenvalue weighted by atomic mass is 16.2. The molecule has 2 aromatic rings. The molecule has 0 atom stereocenters. The van der Waals surface area contributed by atoms with Crippen LogP contribution in [0.15, 0.2) is 41.9 Å². The van der Waals surface area contributed by atoms with Gasteiger partial charge in [-0.25, -0.2) is 14.7 Å². The zero-order valence-corrected chi connectivity index (χ0v) is 15.0. The molecule has 1 aliphatic rings. The van der Waals surface area contributed by atoms with Gasteiger partial charge in [-0.05, 0) is 37.5 Å². The number of nitrogens with zero attached hydrogens (tertiary/aromatic N) is 4. The van der Waals surface area contributed by atoms with Gasteiger partial charge in [-0.15, -0.1) is 0 Å². The average Bonchev–Trinajstić information content (AvgIpc) is 3.38. The minimum absolute atomic E-state index is 0.168. The molecule has 138 valence electrons. The number of nitrogens with one attached hydrogen (secondary N) is 3. The van der Waals surface area contributed by atoms with Crippen LogP contribution < -0.4 is 16.0 Å². The summed E-state index contributed by atoms with van der Waals surface area (Å²) in [6, 6.07) is 8.04. The van der Waals surface area contributed by atoms with Crippen LogP contribution in [0.2, 0.25) is 0 Å². The molecule has 0 aliphatic heterocycles. The van der Waals surface area contributed by atoms with Gasteiger partial charge in [0.05, 0.1) is 12.2 Å². The van der Waals surface area contributed by atoms with E-state index in [4.69, 9.17) is 0 Å². The van der Waals surface area contributed by atoms with E-state index in [0.29, 0.717) is 19.6 Å². The second-order valence-corrected chi connectivity index (χ2v) is 6.19. The van der Waals surface area contributed by atoms with Gasteiger partial charge in [0, 0.05) is 25.6 Å². The third kappa shape index (κ3) is 5.30. The Morgan fingerprint density at radius 1 is 1.19 bits per heavy atom. The number of aliphatic imine (C=N–C) groups is 1. The number of carbonyl (C=O) groups excluding carboxylic acids is 1. The molecule has 0 unspecified atom stereocenters. The van der Waals surface area contributed by atoms with Crippen LogP contribution in [0.5, 0.6) is 0 Å². The molecule has 8 nitrogen and oxygen atoms in total. The van der Waals surface area contributed by atoms with E-state index in [1.165, 1.54) is 6.33 Å². The zero-order valence-electron chi connectivity index (χ0n) is 15.0. The summed E-state index contributed by atoms with van der Waals surface area (Å²) < 4.78 is 1.72. The molecular weight excluding hydrogens is 330 g/mol. The lowest BCUT2D eigenvalue weighted by Gasteiger charge is -2.12. The van der Waals surface area contributed by atoms with Crippen LogP contribution >= 0.6 is 0 Å². The summed E-state index contributed by atoms with van der Waals surface area (Å²) in [5.74, 6) is 1.16. The summed E-state index contributed by atoms with van der Waals surface area (Å²) in [6.45, 7) is 4.63. The minimum atomic E-state index is 0.168. The molecule has 1 heterocycles. The van der Waals surface area contributed by atoms with Crippen molar-refractivity contribution >= 4 is 11.9 Å². The van der Waals surface area contributed by atoms with Crippen molar-refractivity contribution in [2.75, 3.05) is 19.6 Å². The number of hydrogen-bond acceptors (Lipinski definition) is 4. The Balaban J connectivity index is 1.47. The predicted octanol–water partition coefficient (Wildman–Crippen LogP) is 0.849. The molecule has 0 saturated heterocycles. The Bertz CT molecular complexity index is 721. The highest BCUT2D eigenvalue weighted by molar-refractivity contribution is 5.81. The molecule has 1 amide bonds. The summed E-state index contributed by atoms with van der Waals surface area (Å²) in [5, 5.41) is 13.5. The van der Waals surface area contributed by atoms with Crippen molar-refractivity contribution in [2.24, 2.45) is 10.9 Å². The second kappa shape index (κ2) is 8.98. The first kappa shape index (κ1) is 17.9. The molecule has 0 bridgehead atoms. The van der Waals surface area contributed by atoms with Crippen LogP contribution in [-0.4, -0.2) is 46.3 Å². The van der Waals surface area contributed by atoms with Crippen LogP contribution in [0, 0.1) is 5.92 Å². The Kier molecular flexibility index (Phi) is 6.19. The first-order chi connectivity index (χ1) is 12.8. The van der Waals surface area contributed by atoms with E-state index in [0.717, 1.165) is 36.6 Å². The first-order valence-electron chi connectivity index (χ1n) is 9.00. The molecule has 1 fully saturated rings. The number of hydrogen-bond donors (Lipinski definition) is 3. The molecule has 3 rings (SSSR count). The van der Waals surface area contributed by atoms with E-state index < -0.39 is 0 Å². The van der Waals surface area contributed by atoms with E-state index in [1.54, 1.807) is 11.0 Å². The third-order valence-corrected chi connectivity index (χ3v) is 4.05. The molecule has 3 N–H and O–H groups in total. The number of carbonyl (C=O) groups is 1. The fraction of sp³-hybridized carbons (Fsp3) is 0.444. The van der Waals surface area contributed by atoms with Gasteiger partial charge >= 0.3 is 0 Å². The standard InChI is InChI=1S/C18H25N7O/c1-2-20-18(22-10-9-21-17(26)15-5-6-15)23-11-14-3-7-16(8-4-14)25-13-19-12-24-25/h3-4,7-8,12-13,15H,2,5-6,9-11H2,1H3,(H,21,26)(H2,20,22,23). The maximum Gasteiger partial charge on any atom is 0.223 e. The van der Waals surface area contributed by atoms with Crippen molar-refractivity contribution in [1.29, 1.82) is 0 Å². The van der Waals surface area contributed by atoms with Gasteiger partial charge in [0.2, 0.25) is 5.91 Å². The van der Waals surface area contributed by atoms with Crippen molar-refractivity contribution in [3.05, 3.63) is 42.5 Å². The van der Waals surface area contributed by atoms with Gasteiger partial charge in [-0.3, -0.25) is 4.79 Å². The van der Waals surface area contributed by atoms with Crippen LogP contribution in [0.25, 0.3) is 5.69 Å². The van der Waals surface area contributed by atoms with E-state index in [-0.39, 0.29) is 11.8 Å². The van der Waals surface area contributed by atoms with E-state index in [2.05, 4.69) is 31.0 Å². The quantitative estimate of drug-likeness (QED) is 0.371. The first-order valence-corrected chi connectivity index (χ1v) is 9.00. The SMILES string of the molecule is CCNC(=NCc1ccc(-n2cncn2)cc1)NCCNC(=O)C1CC1. The fourth-order valence-electron chi connectivity index (χ4n) is 2.46. The number of amides is 1. The lowest BCUT2D eigenvalue weighted by atomic mass is 10.2. The number of rotatable bonds is 8. The van der Waals surface area contributed by atoms with Crippen molar-refractivity contribution in [1.82, 2.24) is 30.7 Å². The monoisotopic (exact) mass is 355 g/mol. The summed E-state index contributed by atoms with van der Waals surface area (Å²) >= 11 is 0. The van der Waals surface area contributed by atoms with Crippen LogP contribution in [0.4, 0.5) is 0 Å². The normalized spacial score (nSPS) is 14.1. The third-order valence-electron chi connectivity index (χ3n) is 4.05. The van der Waals surface area contributed by atoms with Gasteiger partial charge in [0.25, 0.3) is 0 Å². The molecule has 1 aromatic heterocycles. The van der Waals surface area contributed by atoms with Crippen LogP contribution in [-0.2, 0) is 11.3 Å². The Morgan fingerprint density at radius 2 is 1.96 bits per heavy atom. The maximum atomic E-state index is 11.6. The maximum absolute atomic E-state index is 11.6. The molecule has 8 heteroatoms. The summed E-state index contributed by atoms with van der Waals surface area (Å²) in [5.41, 5.74) is 2.07. The van der Waals surface area contributed by atoms with Crippen molar-refractivity contribution in [3.8, 4) is 5.69 Å². The van der Waals surface area contributed by atoms with E-state index >= 15 is 0 Å². The minimum Gasteiger partial charge on any atom is -0.357 e. The van der Waals surface area contributed by atoms with E-state index in [1.807, 2.05) is 31.2 Å². The number of benzene rings is 1. The number of aromatic nitrogens is 3. The van der Waals surface area contributed by atoms with Crippen LogP contribution in [0.3, 0.4) is 0 Å². The average molecular weight is 355 g/mol. The lowest BCUT2D eigenvalue weighted by Crippen LogP contribution is -2.41. The van der Waals surface area contributed by atoms with Crippen molar-refractivity contribution < 1.29 is 4.79 Å². The molecule has 0 radical (unpaired) electrons. The highest BCUT2D eigenvalue weighted by Crippen LogP contribution is 2.28. The smallest absolute Gasteiger partial charge is 0.223 e. The molecule has 1 aromatic carbocycles. The van der Waals surface area contributed by atoms with Gasteiger partial charge in [0.15, 0.2) is 5.96 Å². The lowest BCUT2D eigenvalue weighted by molar-refractivity contribution is -0.122. The Hall–Kier alpha value is -2.90. The fourth-order valence-corrected chi connectivity index (χ4v) is 2.46. The second-order valence-electron chi connectivity index (χ2n) is 6.19. The molecular formula is C18H25N7O. The molecule has 1 aliphatic carbocycles. The Morgan fingerprint density at radius 3 is 2.62 bits per heavy atom. The zero-order chi connectivity index (χ0) is 18.2. The molecule has 26 heavy (non-hydrogen) atoms. The molecule has 0 spiro atoms. The predicted molar refractivity (Wildman–Crippen MR) is 99.9 cm³/mol. The summed E-state index contributed by atoms with van der Waals surface area (Å²) in [4.78, 5) is 20.1. The van der Waals surface area contributed by atoms with Gasteiger partial charge < -0.3 is 16.0 Å². The van der Waals surface area contributed by atoms with Gasteiger partial charge in [0.1, 0.15) is 12.7 Å². The summed E-state index contributed by atoms with van der Waals surface area (Å²) in [7, 11) is 0. The van der Waals surface area contributed by atoms with Gasteiger partial charge in [-0.2, -0.15) is 5.10 Å². The highest BCUT2D eigenvalue weighted by Gasteiger charge is 2.28. The van der Waals surface area contributed by atoms with Gasteiger partial charge in [-0.1, -0.05) is 12.1 Å². The van der Waals surface area contributed by atoms with Crippen LogP contribution in [0.1, 0.15) is 25.3 Å². The van der Waals surface area contributed by atoms with Crippen molar-refractivity contribution in [3.63, 3.8) is 0 Å². The number of guanidine groups is 1. The van der Waals surface area contributed by atoms with Crippen molar-refractivity contribution in [2.45, 2.75) is 26.3 Å². The summed E-state index contributed by atoms with van der Waals surface area (Å²) in [6.07, 6.45) is 5.24. The Labute approximate surface area is 153 Å².